The average molecular weight is 384 g/mol. The zero-order valence-corrected chi connectivity index (χ0v) is 15.3. The third-order valence-corrected chi connectivity index (χ3v) is 5.19. The zero-order chi connectivity index (χ0) is 19.0. The van der Waals surface area contributed by atoms with E-state index in [2.05, 4.69) is 10.6 Å². The lowest BCUT2D eigenvalue weighted by molar-refractivity contribution is -0.122. The Labute approximate surface area is 161 Å². The highest BCUT2D eigenvalue weighted by Crippen LogP contribution is 2.27. The van der Waals surface area contributed by atoms with Gasteiger partial charge in [-0.2, -0.15) is 0 Å². The van der Waals surface area contributed by atoms with Gasteiger partial charge in [0.25, 0.3) is 5.91 Å². The van der Waals surface area contributed by atoms with Gasteiger partial charge in [-0.05, 0) is 48.4 Å². The lowest BCUT2D eigenvalue weighted by atomic mass is 9.99. The van der Waals surface area contributed by atoms with Crippen molar-refractivity contribution in [1.82, 2.24) is 5.32 Å². The van der Waals surface area contributed by atoms with Crippen molar-refractivity contribution < 1.29 is 14.4 Å². The van der Waals surface area contributed by atoms with Crippen molar-refractivity contribution in [1.29, 1.82) is 0 Å². The molecule has 138 valence electrons. The van der Waals surface area contributed by atoms with Gasteiger partial charge in [-0.25, -0.2) is 0 Å². The number of nitrogens with one attached hydrogen (secondary N) is 2. The maximum atomic E-state index is 12.6. The van der Waals surface area contributed by atoms with Crippen molar-refractivity contribution in [3.8, 4) is 0 Å². The Morgan fingerprint density at radius 3 is 2.70 bits per heavy atom. The van der Waals surface area contributed by atoms with Crippen molar-refractivity contribution in [3.05, 3.63) is 58.6 Å². The van der Waals surface area contributed by atoms with Crippen molar-refractivity contribution in [2.24, 2.45) is 5.92 Å². The number of amides is 3. The van der Waals surface area contributed by atoms with Gasteiger partial charge in [0.2, 0.25) is 11.8 Å². The number of halogens is 1. The predicted molar refractivity (Wildman–Crippen MR) is 103 cm³/mol. The van der Waals surface area contributed by atoms with Gasteiger partial charge >= 0.3 is 0 Å². The zero-order valence-electron chi connectivity index (χ0n) is 14.5. The van der Waals surface area contributed by atoms with E-state index in [9.17, 15) is 14.4 Å². The first-order valence-corrected chi connectivity index (χ1v) is 9.17. The monoisotopic (exact) mass is 383 g/mol. The van der Waals surface area contributed by atoms with Gasteiger partial charge in [-0.15, -0.1) is 0 Å². The fourth-order valence-electron chi connectivity index (χ4n) is 3.49. The molecule has 2 N–H and O–H groups in total. The van der Waals surface area contributed by atoms with Crippen LogP contribution in [-0.2, 0) is 16.0 Å². The Morgan fingerprint density at radius 1 is 1.15 bits per heavy atom. The standard InChI is InChI=1S/C20H18ClN3O3/c21-14-2-5-16(6-3-14)24-11-13(9-18(24)25)19(26)23-15-4-1-12-7-8-22-20(27)17(12)10-15/h1-6,10,13H,7-9,11H2,(H,22,27)(H,23,26)/t13-/m1/s1. The molecular formula is C20H18ClN3O3. The first kappa shape index (κ1) is 17.5. The van der Waals surface area contributed by atoms with Crippen LogP contribution < -0.4 is 15.5 Å². The van der Waals surface area contributed by atoms with Gasteiger partial charge < -0.3 is 15.5 Å². The molecule has 0 aromatic heterocycles. The predicted octanol–water partition coefficient (Wildman–Crippen LogP) is 2.62. The molecule has 27 heavy (non-hydrogen) atoms. The minimum absolute atomic E-state index is 0.0951. The van der Waals surface area contributed by atoms with E-state index in [4.69, 9.17) is 11.6 Å². The average Bonchev–Trinajstić information content (AvgIpc) is 3.05. The third kappa shape index (κ3) is 3.53. The SMILES string of the molecule is O=C1NCCc2ccc(NC(=O)[C@@H]3CC(=O)N(c4ccc(Cl)cc4)C3)cc21. The summed E-state index contributed by atoms with van der Waals surface area (Å²) < 4.78 is 0. The van der Waals surface area contributed by atoms with Crippen molar-refractivity contribution in [2.75, 3.05) is 23.3 Å². The van der Waals surface area contributed by atoms with E-state index in [0.717, 1.165) is 17.7 Å². The number of hydrogen-bond acceptors (Lipinski definition) is 3. The summed E-state index contributed by atoms with van der Waals surface area (Å²) in [5.74, 6) is -0.895. The number of nitrogens with zero attached hydrogens (tertiary/aromatic N) is 1. The number of carbonyl (C=O) groups excluding carboxylic acids is 3. The van der Waals surface area contributed by atoms with Crippen LogP contribution in [0.15, 0.2) is 42.5 Å². The van der Waals surface area contributed by atoms with Crippen LogP contribution in [0.3, 0.4) is 0 Å². The summed E-state index contributed by atoms with van der Waals surface area (Å²) in [7, 11) is 0. The largest absolute Gasteiger partial charge is 0.352 e. The van der Waals surface area contributed by atoms with Crippen LogP contribution >= 0.6 is 11.6 Å². The lowest BCUT2D eigenvalue weighted by Gasteiger charge is -2.18. The molecule has 1 fully saturated rings. The van der Waals surface area contributed by atoms with Crippen LogP contribution in [0, 0.1) is 5.92 Å². The van der Waals surface area contributed by atoms with Crippen LogP contribution in [0.1, 0.15) is 22.3 Å². The molecule has 2 aliphatic rings. The molecule has 0 radical (unpaired) electrons. The molecule has 3 amide bonds. The van der Waals surface area contributed by atoms with Crippen LogP contribution in [-0.4, -0.2) is 30.8 Å². The molecule has 0 bridgehead atoms. The fourth-order valence-corrected chi connectivity index (χ4v) is 3.61. The minimum atomic E-state index is -0.446. The normalized spacial score (nSPS) is 18.9. The number of rotatable bonds is 3. The number of carbonyl (C=O) groups is 3. The molecule has 1 atom stereocenters. The first-order valence-electron chi connectivity index (χ1n) is 8.79. The van der Waals surface area contributed by atoms with Gasteiger partial charge in [0.1, 0.15) is 0 Å². The van der Waals surface area contributed by atoms with Crippen molar-refractivity contribution in [2.45, 2.75) is 12.8 Å². The third-order valence-electron chi connectivity index (χ3n) is 4.94. The van der Waals surface area contributed by atoms with Gasteiger partial charge in [0.05, 0.1) is 5.92 Å². The number of fused-ring (bicyclic) bond motifs is 1. The Bertz CT molecular complexity index is 927. The molecule has 7 heteroatoms. The summed E-state index contributed by atoms with van der Waals surface area (Å²) in [5, 5.41) is 6.23. The summed E-state index contributed by atoms with van der Waals surface area (Å²) in [5.41, 5.74) is 2.85. The lowest BCUT2D eigenvalue weighted by Crippen LogP contribution is -2.32. The van der Waals surface area contributed by atoms with Crippen molar-refractivity contribution in [3.63, 3.8) is 0 Å². The maximum absolute atomic E-state index is 12.6. The van der Waals surface area contributed by atoms with E-state index < -0.39 is 5.92 Å². The Morgan fingerprint density at radius 2 is 1.93 bits per heavy atom. The molecule has 0 saturated carbocycles. The molecule has 0 aliphatic carbocycles. The second kappa shape index (κ2) is 7.04. The molecule has 1 saturated heterocycles. The van der Waals surface area contributed by atoms with Gasteiger partial charge in [-0.3, -0.25) is 14.4 Å². The molecule has 2 aliphatic heterocycles. The number of hydrogen-bond donors (Lipinski definition) is 2. The first-order chi connectivity index (χ1) is 13.0. The van der Waals surface area contributed by atoms with E-state index in [1.165, 1.54) is 0 Å². The fraction of sp³-hybridized carbons (Fsp3) is 0.250. The topological polar surface area (TPSA) is 78.5 Å². The Balaban J connectivity index is 1.46. The highest BCUT2D eigenvalue weighted by molar-refractivity contribution is 6.30. The second-order valence-electron chi connectivity index (χ2n) is 6.75. The Kier molecular flexibility index (Phi) is 4.58. The van der Waals surface area contributed by atoms with Crippen LogP contribution in [0.4, 0.5) is 11.4 Å². The molecule has 4 rings (SSSR count). The van der Waals surface area contributed by atoms with Crippen LogP contribution in [0.25, 0.3) is 0 Å². The molecule has 2 aromatic rings. The number of benzene rings is 2. The van der Waals surface area contributed by atoms with Gasteiger partial charge in [0, 0.05) is 41.5 Å². The van der Waals surface area contributed by atoms with E-state index >= 15 is 0 Å². The van der Waals surface area contributed by atoms with E-state index in [1.54, 1.807) is 41.3 Å². The summed E-state index contributed by atoms with van der Waals surface area (Å²) in [4.78, 5) is 38.5. The molecule has 0 spiro atoms. The molecule has 2 aromatic carbocycles. The van der Waals surface area contributed by atoms with E-state index in [1.807, 2.05) is 6.07 Å². The van der Waals surface area contributed by atoms with Crippen LogP contribution in [0.2, 0.25) is 5.02 Å². The Hall–Kier alpha value is -2.86. The highest BCUT2D eigenvalue weighted by Gasteiger charge is 2.35. The molecular weight excluding hydrogens is 366 g/mol. The van der Waals surface area contributed by atoms with Crippen molar-refractivity contribution >= 4 is 40.7 Å². The molecule has 2 heterocycles. The highest BCUT2D eigenvalue weighted by atomic mass is 35.5. The smallest absolute Gasteiger partial charge is 0.251 e. The van der Waals surface area contributed by atoms with Gasteiger partial charge in [-0.1, -0.05) is 17.7 Å². The van der Waals surface area contributed by atoms with Gasteiger partial charge in [0.15, 0.2) is 0 Å². The minimum Gasteiger partial charge on any atom is -0.352 e. The second-order valence-corrected chi connectivity index (χ2v) is 7.19. The molecule has 6 nitrogen and oxygen atoms in total. The van der Waals surface area contributed by atoms with Crippen LogP contribution in [0.5, 0.6) is 0 Å². The summed E-state index contributed by atoms with van der Waals surface area (Å²) in [6, 6.07) is 12.3. The van der Waals surface area contributed by atoms with E-state index in [0.29, 0.717) is 29.4 Å². The summed E-state index contributed by atoms with van der Waals surface area (Å²) in [6.07, 6.45) is 0.933. The molecule has 0 unspecified atom stereocenters. The summed E-state index contributed by atoms with van der Waals surface area (Å²) in [6.45, 7) is 0.944. The van der Waals surface area contributed by atoms with E-state index in [-0.39, 0.29) is 24.1 Å². The quantitative estimate of drug-likeness (QED) is 0.855. The summed E-state index contributed by atoms with van der Waals surface area (Å²) >= 11 is 5.89. The number of anilines is 2. The maximum Gasteiger partial charge on any atom is 0.251 e.